The average molecular weight is 306 g/mol. The van der Waals surface area contributed by atoms with Crippen LogP contribution in [-0.4, -0.2) is 33.9 Å². The molecule has 0 atom stereocenters. The third kappa shape index (κ3) is 3.55. The maximum Gasteiger partial charge on any atom is 0.272 e. The van der Waals surface area contributed by atoms with Crippen LogP contribution in [0.5, 0.6) is 0 Å². The molecule has 2 rings (SSSR count). The Morgan fingerprint density at radius 1 is 1.18 bits per heavy atom. The fraction of sp³-hybridized carbons (Fsp3) is 0.267. The summed E-state index contributed by atoms with van der Waals surface area (Å²) in [5.41, 5.74) is 0.282. The van der Waals surface area contributed by atoms with Gasteiger partial charge in [0.2, 0.25) is 0 Å². The Bertz CT molecular complexity index is 674. The third-order valence-electron chi connectivity index (χ3n) is 3.13. The van der Waals surface area contributed by atoms with E-state index in [2.05, 4.69) is 15.3 Å². The van der Waals surface area contributed by atoms with Gasteiger partial charge in [-0.3, -0.25) is 4.79 Å². The molecule has 22 heavy (non-hydrogen) atoms. The van der Waals surface area contributed by atoms with E-state index in [1.165, 1.54) is 18.5 Å². The topological polar surface area (TPSA) is 58.1 Å². The molecule has 1 amide bonds. The number of rotatable bonds is 5. The molecule has 0 spiro atoms. The first-order chi connectivity index (χ1) is 10.5. The zero-order chi connectivity index (χ0) is 16.1. The maximum absolute atomic E-state index is 13.6. The van der Waals surface area contributed by atoms with Crippen LogP contribution in [-0.2, 0) is 0 Å². The van der Waals surface area contributed by atoms with Gasteiger partial charge < -0.3 is 10.2 Å². The van der Waals surface area contributed by atoms with E-state index in [4.69, 9.17) is 0 Å². The van der Waals surface area contributed by atoms with Gasteiger partial charge in [0.25, 0.3) is 5.91 Å². The molecular weight excluding hydrogens is 290 g/mol. The van der Waals surface area contributed by atoms with E-state index in [1.54, 1.807) is 4.90 Å². The van der Waals surface area contributed by atoms with Crippen LogP contribution in [0.4, 0.5) is 20.3 Å². The van der Waals surface area contributed by atoms with Crippen LogP contribution in [0.15, 0.2) is 30.6 Å². The molecule has 1 heterocycles. The smallest absolute Gasteiger partial charge is 0.272 e. The number of carbonyl (C=O) groups excluding carboxylic acids is 1. The summed E-state index contributed by atoms with van der Waals surface area (Å²) >= 11 is 0. The van der Waals surface area contributed by atoms with Crippen molar-refractivity contribution >= 4 is 17.4 Å². The fourth-order valence-corrected chi connectivity index (χ4v) is 1.94. The van der Waals surface area contributed by atoms with Crippen LogP contribution in [0.2, 0.25) is 0 Å². The highest BCUT2D eigenvalue weighted by Crippen LogP contribution is 2.19. The number of nitrogens with one attached hydrogen (secondary N) is 1. The first-order valence-corrected chi connectivity index (χ1v) is 6.88. The number of hydrogen-bond acceptors (Lipinski definition) is 4. The zero-order valence-electron chi connectivity index (χ0n) is 12.3. The van der Waals surface area contributed by atoms with Crippen molar-refractivity contribution in [2.45, 2.75) is 13.8 Å². The van der Waals surface area contributed by atoms with Gasteiger partial charge in [-0.25, -0.2) is 18.7 Å². The van der Waals surface area contributed by atoms with Gasteiger partial charge >= 0.3 is 0 Å². The largest absolute Gasteiger partial charge is 0.338 e. The molecule has 116 valence electrons. The second-order valence-electron chi connectivity index (χ2n) is 4.52. The lowest BCUT2D eigenvalue weighted by molar-refractivity contribution is 0.0767. The summed E-state index contributed by atoms with van der Waals surface area (Å²) in [6.45, 7) is 4.87. The van der Waals surface area contributed by atoms with E-state index in [-0.39, 0.29) is 23.1 Å². The SMILES string of the molecule is CCN(CC)C(=O)c1cc(Nc2ccc(F)cc2F)ncn1. The summed E-state index contributed by atoms with van der Waals surface area (Å²) in [5, 5.41) is 2.71. The molecule has 1 aromatic carbocycles. The van der Waals surface area contributed by atoms with Crippen LogP contribution >= 0.6 is 0 Å². The average Bonchev–Trinajstić information content (AvgIpc) is 2.51. The van der Waals surface area contributed by atoms with Gasteiger partial charge in [-0.1, -0.05) is 0 Å². The summed E-state index contributed by atoms with van der Waals surface area (Å²) in [7, 11) is 0. The molecule has 0 bridgehead atoms. The third-order valence-corrected chi connectivity index (χ3v) is 3.13. The number of hydrogen-bond donors (Lipinski definition) is 1. The van der Waals surface area contributed by atoms with Crippen molar-refractivity contribution in [3.8, 4) is 0 Å². The molecule has 0 unspecified atom stereocenters. The first-order valence-electron chi connectivity index (χ1n) is 6.88. The highest BCUT2D eigenvalue weighted by Gasteiger charge is 2.15. The van der Waals surface area contributed by atoms with E-state index < -0.39 is 11.6 Å². The summed E-state index contributed by atoms with van der Waals surface area (Å²) in [6.07, 6.45) is 1.22. The van der Waals surface area contributed by atoms with Gasteiger partial charge in [0.1, 0.15) is 29.5 Å². The van der Waals surface area contributed by atoms with Crippen molar-refractivity contribution < 1.29 is 13.6 Å². The normalized spacial score (nSPS) is 10.4. The number of benzene rings is 1. The summed E-state index contributed by atoms with van der Waals surface area (Å²) in [6, 6.07) is 4.60. The quantitative estimate of drug-likeness (QED) is 0.922. The van der Waals surface area contributed by atoms with Crippen molar-refractivity contribution in [2.24, 2.45) is 0 Å². The minimum Gasteiger partial charge on any atom is -0.338 e. The molecule has 0 aliphatic carbocycles. The van der Waals surface area contributed by atoms with Gasteiger partial charge in [0.05, 0.1) is 5.69 Å². The molecule has 0 aliphatic rings. The molecule has 0 saturated carbocycles. The molecule has 0 fully saturated rings. The van der Waals surface area contributed by atoms with Crippen LogP contribution in [0, 0.1) is 11.6 Å². The van der Waals surface area contributed by atoms with Crippen molar-refractivity contribution in [1.82, 2.24) is 14.9 Å². The van der Waals surface area contributed by atoms with Crippen LogP contribution in [0.25, 0.3) is 0 Å². The first kappa shape index (κ1) is 15.8. The number of aromatic nitrogens is 2. The second-order valence-corrected chi connectivity index (χ2v) is 4.52. The molecular formula is C15H16F2N4O. The molecule has 0 aliphatic heterocycles. The van der Waals surface area contributed by atoms with Crippen LogP contribution in [0.1, 0.15) is 24.3 Å². The number of halogens is 2. The molecule has 1 N–H and O–H groups in total. The van der Waals surface area contributed by atoms with E-state index in [0.29, 0.717) is 13.1 Å². The van der Waals surface area contributed by atoms with Crippen LogP contribution < -0.4 is 5.32 Å². The predicted octanol–water partition coefficient (Wildman–Crippen LogP) is 2.98. The molecule has 5 nitrogen and oxygen atoms in total. The predicted molar refractivity (Wildman–Crippen MR) is 78.9 cm³/mol. The monoisotopic (exact) mass is 306 g/mol. The van der Waals surface area contributed by atoms with E-state index in [0.717, 1.165) is 12.1 Å². The summed E-state index contributed by atoms with van der Waals surface area (Å²) in [5.74, 6) is -1.37. The molecule has 0 saturated heterocycles. The van der Waals surface area contributed by atoms with Crippen molar-refractivity contribution in [1.29, 1.82) is 0 Å². The lowest BCUT2D eigenvalue weighted by Gasteiger charge is -2.18. The fourth-order valence-electron chi connectivity index (χ4n) is 1.94. The maximum atomic E-state index is 13.6. The number of anilines is 2. The van der Waals surface area contributed by atoms with Gasteiger partial charge in [-0.15, -0.1) is 0 Å². The van der Waals surface area contributed by atoms with Gasteiger partial charge in [0, 0.05) is 25.2 Å². The van der Waals surface area contributed by atoms with E-state index >= 15 is 0 Å². The van der Waals surface area contributed by atoms with Crippen molar-refractivity contribution in [3.63, 3.8) is 0 Å². The highest BCUT2D eigenvalue weighted by molar-refractivity contribution is 5.93. The van der Waals surface area contributed by atoms with Gasteiger partial charge in [0.15, 0.2) is 0 Å². The lowest BCUT2D eigenvalue weighted by Crippen LogP contribution is -2.31. The highest BCUT2D eigenvalue weighted by atomic mass is 19.1. The Morgan fingerprint density at radius 2 is 1.91 bits per heavy atom. The Labute approximate surface area is 127 Å². The lowest BCUT2D eigenvalue weighted by atomic mass is 10.3. The minimum atomic E-state index is -0.741. The van der Waals surface area contributed by atoms with E-state index in [9.17, 15) is 13.6 Å². The Kier molecular flexibility index (Phi) is 4.98. The zero-order valence-corrected chi connectivity index (χ0v) is 12.3. The molecule has 0 radical (unpaired) electrons. The molecule has 2 aromatic rings. The Balaban J connectivity index is 2.23. The number of nitrogens with zero attached hydrogens (tertiary/aromatic N) is 3. The Hall–Kier alpha value is -2.57. The second kappa shape index (κ2) is 6.93. The minimum absolute atomic E-state index is 0.0707. The van der Waals surface area contributed by atoms with Crippen LogP contribution in [0.3, 0.4) is 0 Å². The Morgan fingerprint density at radius 3 is 2.55 bits per heavy atom. The number of carbonyl (C=O) groups is 1. The van der Waals surface area contributed by atoms with Gasteiger partial charge in [-0.2, -0.15) is 0 Å². The summed E-state index contributed by atoms with van der Waals surface area (Å²) in [4.78, 5) is 21.7. The standard InChI is InChI=1S/C15H16F2N4O/c1-3-21(4-2)15(22)13-8-14(19-9-18-13)20-12-6-5-10(16)7-11(12)17/h5-9H,3-4H2,1-2H3,(H,18,19,20). The molecule has 1 aromatic heterocycles. The van der Waals surface area contributed by atoms with E-state index in [1.807, 2.05) is 13.8 Å². The van der Waals surface area contributed by atoms with Gasteiger partial charge in [-0.05, 0) is 26.0 Å². The van der Waals surface area contributed by atoms with Crippen molar-refractivity contribution in [2.75, 3.05) is 18.4 Å². The number of amides is 1. The molecule has 7 heteroatoms. The van der Waals surface area contributed by atoms with Crippen molar-refractivity contribution in [3.05, 3.63) is 47.9 Å². The summed E-state index contributed by atoms with van der Waals surface area (Å²) < 4.78 is 26.5.